The van der Waals surface area contributed by atoms with Crippen LogP contribution in [0.25, 0.3) is 0 Å². The van der Waals surface area contributed by atoms with E-state index in [9.17, 15) is 14.0 Å². The van der Waals surface area contributed by atoms with E-state index in [4.69, 9.17) is 4.74 Å². The third-order valence-electron chi connectivity index (χ3n) is 4.92. The Hall–Kier alpha value is -3.13. The first kappa shape index (κ1) is 24.1. The molecule has 0 spiro atoms. The standard InChI is InChI=1S/C23H31FN4O3/c1-6-16(2)28(23(30)26-19-9-7-8-18(24)13-19)14-17-12-20(25-22(29)15-31-5)10-11-21(17)27(3)4/h7-13,16H,6,14-15H2,1-5H3,(H,25,29)(H,26,30)/t16-/m1/s1. The van der Waals surface area contributed by atoms with Gasteiger partial charge in [0.1, 0.15) is 12.4 Å². The number of hydrogen-bond acceptors (Lipinski definition) is 4. The number of rotatable bonds is 9. The number of halogens is 1. The van der Waals surface area contributed by atoms with Crippen LogP contribution in [0.5, 0.6) is 0 Å². The van der Waals surface area contributed by atoms with Gasteiger partial charge in [0.25, 0.3) is 0 Å². The average Bonchev–Trinajstić information content (AvgIpc) is 2.71. The zero-order valence-corrected chi connectivity index (χ0v) is 18.7. The monoisotopic (exact) mass is 430 g/mol. The first-order chi connectivity index (χ1) is 14.7. The third kappa shape index (κ3) is 6.96. The second-order valence-corrected chi connectivity index (χ2v) is 7.54. The topological polar surface area (TPSA) is 73.9 Å². The summed E-state index contributed by atoms with van der Waals surface area (Å²) < 4.78 is 18.4. The average molecular weight is 431 g/mol. The van der Waals surface area contributed by atoms with Gasteiger partial charge in [0.05, 0.1) is 0 Å². The molecule has 0 fully saturated rings. The number of nitrogens with one attached hydrogen (secondary N) is 2. The highest BCUT2D eigenvalue weighted by Crippen LogP contribution is 2.26. The van der Waals surface area contributed by atoms with Crippen LogP contribution in [0.1, 0.15) is 25.8 Å². The predicted octanol–water partition coefficient (Wildman–Crippen LogP) is 4.31. The molecule has 0 radical (unpaired) electrons. The van der Waals surface area contributed by atoms with Gasteiger partial charge in [0.15, 0.2) is 0 Å². The van der Waals surface area contributed by atoms with Crippen LogP contribution in [0, 0.1) is 5.82 Å². The van der Waals surface area contributed by atoms with Gasteiger partial charge in [-0.25, -0.2) is 9.18 Å². The Morgan fingerprint density at radius 3 is 2.42 bits per heavy atom. The molecule has 0 unspecified atom stereocenters. The number of ether oxygens (including phenoxy) is 1. The highest BCUT2D eigenvalue weighted by Gasteiger charge is 2.22. The lowest BCUT2D eigenvalue weighted by Crippen LogP contribution is -2.41. The Balaban J connectivity index is 2.31. The van der Waals surface area contributed by atoms with Crippen LogP contribution in [0.3, 0.4) is 0 Å². The van der Waals surface area contributed by atoms with Crippen molar-refractivity contribution in [1.29, 1.82) is 0 Å². The molecule has 0 aliphatic rings. The zero-order chi connectivity index (χ0) is 23.0. The van der Waals surface area contributed by atoms with Gasteiger partial charge in [0, 0.05) is 50.9 Å². The van der Waals surface area contributed by atoms with Gasteiger partial charge in [-0.15, -0.1) is 0 Å². The van der Waals surface area contributed by atoms with Crippen LogP contribution < -0.4 is 15.5 Å². The van der Waals surface area contributed by atoms with Gasteiger partial charge in [-0.1, -0.05) is 13.0 Å². The summed E-state index contributed by atoms with van der Waals surface area (Å²) in [4.78, 5) is 28.6. The van der Waals surface area contributed by atoms with Gasteiger partial charge in [-0.05, 0) is 55.3 Å². The minimum atomic E-state index is -0.415. The number of amides is 3. The van der Waals surface area contributed by atoms with Crippen LogP contribution in [0.4, 0.5) is 26.2 Å². The normalized spacial score (nSPS) is 11.5. The molecule has 31 heavy (non-hydrogen) atoms. The summed E-state index contributed by atoms with van der Waals surface area (Å²) >= 11 is 0. The summed E-state index contributed by atoms with van der Waals surface area (Å²) in [7, 11) is 5.30. The molecule has 2 aromatic carbocycles. The second kappa shape index (κ2) is 11.3. The highest BCUT2D eigenvalue weighted by atomic mass is 19.1. The van der Waals surface area contributed by atoms with Crippen molar-refractivity contribution in [2.24, 2.45) is 0 Å². The van der Waals surface area contributed by atoms with Crippen molar-refractivity contribution in [3.05, 3.63) is 53.8 Å². The van der Waals surface area contributed by atoms with Crippen LogP contribution in [-0.4, -0.2) is 50.7 Å². The Labute approximate surface area is 183 Å². The number of methoxy groups -OCH3 is 1. The molecular weight excluding hydrogens is 399 g/mol. The molecule has 2 N–H and O–H groups in total. The Morgan fingerprint density at radius 2 is 1.81 bits per heavy atom. The van der Waals surface area contributed by atoms with E-state index in [0.29, 0.717) is 17.9 Å². The third-order valence-corrected chi connectivity index (χ3v) is 4.92. The van der Waals surface area contributed by atoms with E-state index in [-0.39, 0.29) is 24.6 Å². The summed E-state index contributed by atoms with van der Waals surface area (Å²) in [6, 6.07) is 11.0. The van der Waals surface area contributed by atoms with Gasteiger partial charge in [-0.3, -0.25) is 4.79 Å². The molecule has 2 rings (SSSR count). The highest BCUT2D eigenvalue weighted by molar-refractivity contribution is 5.92. The van der Waals surface area contributed by atoms with Crippen molar-refractivity contribution in [2.45, 2.75) is 32.9 Å². The lowest BCUT2D eigenvalue weighted by atomic mass is 10.1. The van der Waals surface area contributed by atoms with Crippen molar-refractivity contribution in [3.63, 3.8) is 0 Å². The van der Waals surface area contributed by atoms with Gasteiger partial charge < -0.3 is 25.2 Å². The molecule has 0 saturated heterocycles. The quantitative estimate of drug-likeness (QED) is 0.622. The van der Waals surface area contributed by atoms with Crippen LogP contribution in [0.2, 0.25) is 0 Å². The number of carbonyl (C=O) groups excluding carboxylic acids is 2. The molecular formula is C23H31FN4O3. The Bertz CT molecular complexity index is 904. The van der Waals surface area contributed by atoms with Crippen molar-refractivity contribution in [3.8, 4) is 0 Å². The molecule has 1 atom stereocenters. The molecule has 0 heterocycles. The number of urea groups is 1. The fourth-order valence-electron chi connectivity index (χ4n) is 3.15. The van der Waals surface area contributed by atoms with Crippen LogP contribution in [0.15, 0.2) is 42.5 Å². The summed E-state index contributed by atoms with van der Waals surface area (Å²) in [5.41, 5.74) is 2.82. The molecule has 0 aromatic heterocycles. The van der Waals surface area contributed by atoms with Crippen LogP contribution >= 0.6 is 0 Å². The van der Waals surface area contributed by atoms with Gasteiger partial charge in [-0.2, -0.15) is 0 Å². The second-order valence-electron chi connectivity index (χ2n) is 7.54. The van der Waals surface area contributed by atoms with Crippen molar-refractivity contribution in [1.82, 2.24) is 4.90 Å². The van der Waals surface area contributed by atoms with E-state index in [0.717, 1.165) is 17.7 Å². The fourth-order valence-corrected chi connectivity index (χ4v) is 3.15. The smallest absolute Gasteiger partial charge is 0.322 e. The SMILES string of the molecule is CC[C@@H](C)N(Cc1cc(NC(=O)COC)ccc1N(C)C)C(=O)Nc1cccc(F)c1. The van der Waals surface area contributed by atoms with Crippen LogP contribution in [-0.2, 0) is 16.1 Å². The molecule has 0 saturated carbocycles. The molecule has 7 nitrogen and oxygen atoms in total. The number of hydrogen-bond donors (Lipinski definition) is 2. The molecule has 168 valence electrons. The molecule has 3 amide bonds. The Kier molecular flexibility index (Phi) is 8.81. The molecule has 0 aliphatic carbocycles. The van der Waals surface area contributed by atoms with E-state index in [1.54, 1.807) is 17.0 Å². The van der Waals surface area contributed by atoms with Gasteiger partial charge >= 0.3 is 6.03 Å². The molecule has 8 heteroatoms. The maximum absolute atomic E-state index is 13.5. The molecule has 0 bridgehead atoms. The summed E-state index contributed by atoms with van der Waals surface area (Å²) in [6.07, 6.45) is 0.748. The number of anilines is 3. The first-order valence-electron chi connectivity index (χ1n) is 10.2. The van der Waals surface area contributed by atoms with E-state index in [2.05, 4.69) is 10.6 Å². The van der Waals surface area contributed by atoms with Crippen molar-refractivity contribution >= 4 is 29.0 Å². The summed E-state index contributed by atoms with van der Waals surface area (Å²) in [5.74, 6) is -0.670. The summed E-state index contributed by atoms with van der Waals surface area (Å²) in [6.45, 7) is 4.24. The van der Waals surface area contributed by atoms with Crippen molar-refractivity contribution < 1.29 is 18.7 Å². The molecule has 0 aliphatic heterocycles. The van der Waals surface area contributed by atoms with E-state index >= 15 is 0 Å². The number of carbonyl (C=O) groups is 2. The van der Waals surface area contributed by atoms with E-state index in [1.807, 2.05) is 51.0 Å². The van der Waals surface area contributed by atoms with Crippen molar-refractivity contribution in [2.75, 3.05) is 43.3 Å². The molecule has 2 aromatic rings. The fraction of sp³-hybridized carbons (Fsp3) is 0.391. The zero-order valence-electron chi connectivity index (χ0n) is 18.7. The maximum Gasteiger partial charge on any atom is 0.322 e. The summed E-state index contributed by atoms with van der Waals surface area (Å²) in [5, 5.41) is 5.58. The van der Waals surface area contributed by atoms with Gasteiger partial charge in [0.2, 0.25) is 5.91 Å². The minimum absolute atomic E-state index is 0.0419. The first-order valence-corrected chi connectivity index (χ1v) is 10.2. The lowest BCUT2D eigenvalue weighted by molar-refractivity contribution is -0.119. The lowest BCUT2D eigenvalue weighted by Gasteiger charge is -2.31. The predicted molar refractivity (Wildman–Crippen MR) is 122 cm³/mol. The maximum atomic E-state index is 13.5. The van der Waals surface area contributed by atoms with E-state index < -0.39 is 5.82 Å². The van der Waals surface area contributed by atoms with E-state index in [1.165, 1.54) is 19.2 Å². The largest absolute Gasteiger partial charge is 0.377 e. The minimum Gasteiger partial charge on any atom is -0.377 e. The Morgan fingerprint density at radius 1 is 1.10 bits per heavy atom. The number of nitrogens with zero attached hydrogens (tertiary/aromatic N) is 2. The number of benzene rings is 2.